The van der Waals surface area contributed by atoms with Crippen molar-refractivity contribution in [3.63, 3.8) is 0 Å². The lowest BCUT2D eigenvalue weighted by atomic mass is 10.7. The van der Waals surface area contributed by atoms with E-state index in [4.69, 9.17) is 0 Å². The molecule has 2 rings (SSSR count). The van der Waals surface area contributed by atoms with Crippen molar-refractivity contribution in [2.45, 2.75) is 0 Å². The molecule has 0 bridgehead atoms. The second kappa shape index (κ2) is 4.31. The van der Waals surface area contributed by atoms with Gasteiger partial charge in [-0.05, 0) is 11.9 Å². The Bertz CT molecular complexity index is 260. The van der Waals surface area contributed by atoms with E-state index < -0.39 is 0 Å². The lowest BCUT2D eigenvalue weighted by Crippen LogP contribution is -2.29. The first-order valence-electron chi connectivity index (χ1n) is 4.42. The van der Waals surface area contributed by atoms with Crippen molar-refractivity contribution in [1.82, 2.24) is 13.5 Å². The summed E-state index contributed by atoms with van der Waals surface area (Å²) in [6.07, 6.45) is 1.82. The maximum absolute atomic E-state index is 11.4. The van der Waals surface area contributed by atoms with E-state index in [1.54, 1.807) is 16.8 Å². The minimum Gasteiger partial charge on any atom is -0.311 e. The second-order valence-electron chi connectivity index (χ2n) is 3.09. The van der Waals surface area contributed by atoms with Crippen LogP contribution < -0.4 is 0 Å². The Kier molecular flexibility index (Phi) is 3.07. The summed E-state index contributed by atoms with van der Waals surface area (Å²) in [5, 5.41) is 0. The zero-order valence-electron chi connectivity index (χ0n) is 7.67. The molecule has 2 aliphatic heterocycles. The Hall–Kier alpha value is -0.560. The van der Waals surface area contributed by atoms with E-state index >= 15 is 0 Å². The molecule has 0 spiro atoms. The monoisotopic (exact) mass is 232 g/mol. The predicted molar refractivity (Wildman–Crippen MR) is 60.3 cm³/mol. The molecule has 1 fully saturated rings. The van der Waals surface area contributed by atoms with Gasteiger partial charge in [-0.2, -0.15) is 0 Å². The normalized spacial score (nSPS) is 21.5. The van der Waals surface area contributed by atoms with Crippen molar-refractivity contribution >= 4 is 37.1 Å². The van der Waals surface area contributed by atoms with E-state index in [9.17, 15) is 4.79 Å². The highest BCUT2D eigenvalue weighted by molar-refractivity contribution is 7.97. The Morgan fingerprint density at radius 3 is 2.93 bits per heavy atom. The molecule has 0 unspecified atom stereocenters. The molecule has 5 nitrogen and oxygen atoms in total. The third-order valence-electron chi connectivity index (χ3n) is 2.11. The maximum atomic E-state index is 11.4. The Morgan fingerprint density at radius 2 is 2.36 bits per heavy atom. The van der Waals surface area contributed by atoms with Crippen LogP contribution in [-0.4, -0.2) is 57.9 Å². The van der Waals surface area contributed by atoms with Gasteiger partial charge in [0, 0.05) is 6.54 Å². The van der Waals surface area contributed by atoms with E-state index in [1.807, 2.05) is 6.34 Å². The van der Waals surface area contributed by atoms with Crippen LogP contribution in [0, 0.1) is 0 Å². The third-order valence-corrected chi connectivity index (χ3v) is 3.52. The molecule has 7 heteroatoms. The van der Waals surface area contributed by atoms with Crippen molar-refractivity contribution in [2.24, 2.45) is 4.99 Å². The van der Waals surface area contributed by atoms with Crippen molar-refractivity contribution in [3.05, 3.63) is 0 Å². The molecule has 2 heterocycles. The lowest BCUT2D eigenvalue weighted by Gasteiger charge is -2.18. The van der Waals surface area contributed by atoms with Crippen LogP contribution in [0.4, 0.5) is 4.79 Å². The molecule has 1 saturated heterocycles. The minimum atomic E-state index is -0.00281. The number of amides is 2. The summed E-state index contributed by atoms with van der Waals surface area (Å²) >= 11 is 5.66. The summed E-state index contributed by atoms with van der Waals surface area (Å²) in [6.45, 7) is 3.27. The fourth-order valence-electron chi connectivity index (χ4n) is 1.29. The van der Waals surface area contributed by atoms with Crippen molar-refractivity contribution < 1.29 is 4.79 Å². The predicted octanol–water partition coefficient (Wildman–Crippen LogP) is 0.518. The van der Waals surface area contributed by atoms with E-state index in [-0.39, 0.29) is 6.03 Å². The van der Waals surface area contributed by atoms with Crippen molar-refractivity contribution in [1.29, 1.82) is 0 Å². The molecule has 2 amide bonds. The molecular weight excluding hydrogens is 220 g/mol. The van der Waals surface area contributed by atoms with Gasteiger partial charge in [-0.3, -0.25) is 9.30 Å². The summed E-state index contributed by atoms with van der Waals surface area (Å²) in [5.74, 6) is 0.682. The van der Waals surface area contributed by atoms with E-state index in [2.05, 4.69) is 22.1 Å². The largest absolute Gasteiger partial charge is 0.330 e. The van der Waals surface area contributed by atoms with E-state index in [0.29, 0.717) is 12.4 Å². The minimum absolute atomic E-state index is 0.00281. The molecule has 0 aromatic rings. The highest BCUT2D eigenvalue weighted by Crippen LogP contribution is 2.17. The van der Waals surface area contributed by atoms with Crippen LogP contribution >= 0.6 is 24.8 Å². The average Bonchev–Trinajstić information content (AvgIpc) is 2.77. The standard InChI is InChI=1S/C7H12N4OS2/c12-7-9(3-4-11(7)13)6-14-10-2-1-8-5-10/h5,13H,1-4,6H2. The number of aliphatic imine (C=N–C) groups is 1. The molecule has 0 aromatic heterocycles. The van der Waals surface area contributed by atoms with Crippen LogP contribution in [0.2, 0.25) is 0 Å². The van der Waals surface area contributed by atoms with Gasteiger partial charge in [0.25, 0.3) is 0 Å². The number of rotatable bonds is 3. The first-order chi connectivity index (χ1) is 6.77. The number of carbonyl (C=O) groups excluding carboxylic acids is 1. The van der Waals surface area contributed by atoms with Gasteiger partial charge in [0.2, 0.25) is 0 Å². The summed E-state index contributed by atoms with van der Waals surface area (Å²) < 4.78 is 3.49. The summed E-state index contributed by atoms with van der Waals surface area (Å²) in [4.78, 5) is 17.3. The Balaban J connectivity index is 1.75. The molecule has 0 atom stereocenters. The SMILES string of the molecule is O=C1N(S)CCN1CSN1C=NCC1. The van der Waals surface area contributed by atoms with E-state index in [0.717, 1.165) is 19.6 Å². The quantitative estimate of drug-likeness (QED) is 0.569. The summed E-state index contributed by atoms with van der Waals surface area (Å²) in [6, 6.07) is -0.00281. The van der Waals surface area contributed by atoms with Crippen molar-refractivity contribution in [2.75, 3.05) is 32.1 Å². The molecule has 14 heavy (non-hydrogen) atoms. The zero-order chi connectivity index (χ0) is 9.97. The highest BCUT2D eigenvalue weighted by Gasteiger charge is 2.26. The number of thiol groups is 1. The fourth-order valence-corrected chi connectivity index (χ4v) is 2.38. The molecule has 0 radical (unpaired) electrons. The van der Waals surface area contributed by atoms with Gasteiger partial charge in [0.05, 0.1) is 31.8 Å². The number of nitrogens with zero attached hydrogens (tertiary/aromatic N) is 4. The van der Waals surface area contributed by atoms with Crippen LogP contribution in [0.25, 0.3) is 0 Å². The van der Waals surface area contributed by atoms with Crippen LogP contribution in [-0.2, 0) is 0 Å². The highest BCUT2D eigenvalue weighted by atomic mass is 32.2. The second-order valence-corrected chi connectivity index (χ2v) is 4.56. The summed E-state index contributed by atoms with van der Waals surface area (Å²) in [7, 11) is 0. The zero-order valence-corrected chi connectivity index (χ0v) is 9.38. The van der Waals surface area contributed by atoms with Crippen LogP contribution in [0.3, 0.4) is 0 Å². The van der Waals surface area contributed by atoms with Gasteiger partial charge in [-0.1, -0.05) is 12.8 Å². The lowest BCUT2D eigenvalue weighted by molar-refractivity contribution is 0.215. The van der Waals surface area contributed by atoms with E-state index in [1.165, 1.54) is 4.31 Å². The van der Waals surface area contributed by atoms with Gasteiger partial charge in [0.1, 0.15) is 0 Å². The van der Waals surface area contributed by atoms with Gasteiger partial charge in [-0.25, -0.2) is 4.79 Å². The van der Waals surface area contributed by atoms with Crippen LogP contribution in [0.15, 0.2) is 4.99 Å². The topological polar surface area (TPSA) is 39.2 Å². The first kappa shape index (κ1) is 9.97. The summed E-state index contributed by atoms with van der Waals surface area (Å²) in [5.41, 5.74) is 0. The first-order valence-corrected chi connectivity index (χ1v) is 5.76. The number of hydrogen-bond donors (Lipinski definition) is 1. The van der Waals surface area contributed by atoms with Gasteiger partial charge in [-0.15, -0.1) is 0 Å². The Morgan fingerprint density at radius 1 is 1.50 bits per heavy atom. The van der Waals surface area contributed by atoms with Gasteiger partial charge in [0.15, 0.2) is 0 Å². The van der Waals surface area contributed by atoms with Gasteiger partial charge < -0.3 is 9.21 Å². The molecule has 78 valence electrons. The number of urea groups is 1. The number of carbonyl (C=O) groups is 1. The smallest absolute Gasteiger partial charge is 0.311 e. The third kappa shape index (κ3) is 2.09. The molecule has 2 aliphatic rings. The molecule has 0 aliphatic carbocycles. The van der Waals surface area contributed by atoms with Crippen molar-refractivity contribution in [3.8, 4) is 0 Å². The average molecular weight is 232 g/mol. The van der Waals surface area contributed by atoms with Crippen LogP contribution in [0.5, 0.6) is 0 Å². The molecule has 0 saturated carbocycles. The number of hydrogen-bond acceptors (Lipinski definition) is 5. The van der Waals surface area contributed by atoms with Gasteiger partial charge >= 0.3 is 6.03 Å². The fraction of sp³-hybridized carbons (Fsp3) is 0.714. The Labute approximate surface area is 92.8 Å². The maximum Gasteiger partial charge on any atom is 0.330 e. The molecule has 0 N–H and O–H groups in total. The molecular formula is C7H12N4OS2. The van der Waals surface area contributed by atoms with Crippen LogP contribution in [0.1, 0.15) is 0 Å². The molecule has 0 aromatic carbocycles.